The van der Waals surface area contributed by atoms with Gasteiger partial charge in [-0.25, -0.2) is 13.4 Å². The largest absolute Gasteiger partial charge is 0.442 e. The quantitative estimate of drug-likeness (QED) is 0.363. The van der Waals surface area contributed by atoms with Crippen LogP contribution in [-0.2, 0) is 24.0 Å². The van der Waals surface area contributed by atoms with Crippen LogP contribution < -0.4 is 15.0 Å². The summed E-state index contributed by atoms with van der Waals surface area (Å²) in [6, 6.07) is 4.43. The van der Waals surface area contributed by atoms with Crippen LogP contribution >= 0.6 is 0 Å². The fourth-order valence-electron chi connectivity index (χ4n) is 4.29. The van der Waals surface area contributed by atoms with Crippen molar-refractivity contribution in [3.63, 3.8) is 0 Å². The molecule has 1 aliphatic rings. The Morgan fingerprint density at radius 1 is 1.14 bits per heavy atom. The monoisotopic (exact) mass is 643 g/mol. The predicted octanol–water partition coefficient (Wildman–Crippen LogP) is 6.12. The zero-order valence-corrected chi connectivity index (χ0v) is 24.2. The van der Waals surface area contributed by atoms with Crippen molar-refractivity contribution in [3.8, 4) is 5.75 Å². The van der Waals surface area contributed by atoms with Gasteiger partial charge in [0.15, 0.2) is 17.2 Å². The molecule has 2 amide bonds. The molecule has 1 N–H and O–H groups in total. The summed E-state index contributed by atoms with van der Waals surface area (Å²) in [5.74, 6) is -6.07. The van der Waals surface area contributed by atoms with Crippen LogP contribution in [0.25, 0.3) is 0 Å². The number of hydrogen-bond donors (Lipinski definition) is 1. The first-order chi connectivity index (χ1) is 19.7. The minimum absolute atomic E-state index is 0.0470. The van der Waals surface area contributed by atoms with Crippen molar-refractivity contribution < 1.29 is 58.7 Å². The van der Waals surface area contributed by atoms with E-state index in [-0.39, 0.29) is 10.6 Å². The first kappa shape index (κ1) is 33.9. The summed E-state index contributed by atoms with van der Waals surface area (Å²) in [7, 11) is -2.70. The van der Waals surface area contributed by atoms with E-state index in [1.807, 2.05) is 0 Å². The first-order valence-electron chi connectivity index (χ1n) is 12.4. The zero-order chi connectivity index (χ0) is 32.5. The molecule has 43 heavy (non-hydrogen) atoms. The topological polar surface area (TPSA) is 107 Å². The summed E-state index contributed by atoms with van der Waals surface area (Å²) in [4.78, 5) is 26.1. The Kier molecular flexibility index (Phi) is 9.60. The number of amides is 2. The van der Waals surface area contributed by atoms with Gasteiger partial charge in [-0.05, 0) is 51.1 Å². The van der Waals surface area contributed by atoms with E-state index in [9.17, 15) is 44.5 Å². The highest BCUT2D eigenvalue weighted by Gasteiger charge is 2.63. The van der Waals surface area contributed by atoms with E-state index in [4.69, 9.17) is 9.47 Å². The van der Waals surface area contributed by atoms with Gasteiger partial charge in [0.25, 0.3) is 0 Å². The van der Waals surface area contributed by atoms with Gasteiger partial charge in [-0.2, -0.15) is 26.3 Å². The van der Waals surface area contributed by atoms with E-state index in [1.54, 1.807) is 20.8 Å². The molecule has 9 nitrogen and oxygen atoms in total. The summed E-state index contributed by atoms with van der Waals surface area (Å²) in [5, 5.41) is 2.34. The van der Waals surface area contributed by atoms with Crippen LogP contribution in [0, 0.1) is 11.6 Å². The Labute approximate surface area is 242 Å². The van der Waals surface area contributed by atoms with Crippen molar-refractivity contribution in [1.82, 2.24) is 0 Å². The molecule has 0 bridgehead atoms. The molecule has 2 unspecified atom stereocenters. The van der Waals surface area contributed by atoms with Gasteiger partial charge >= 0.3 is 18.9 Å². The number of carbonyl (C=O) groups excluding carboxylic acids is 2. The van der Waals surface area contributed by atoms with Crippen molar-refractivity contribution in [2.24, 2.45) is 4.36 Å². The number of anilines is 2. The Bertz CT molecular complexity index is 1510. The van der Waals surface area contributed by atoms with Crippen LogP contribution in [0.4, 0.5) is 46.9 Å². The standard InChI is InChI=1S/C26H28F7N3O6S/c1-24(2,3)42-23(38)35-43(5,39)15-8-6-7-14(11-15)34-21(37)18-12-25(40-4,26(31,32)33)13-36(18)17-10-9-16(27)19(28)20(17)41-22(29)30/h6-11,18,22H,12-13H2,1-5H3,(H,34,37)/t18?,25?,43-/m1/s1. The Morgan fingerprint density at radius 3 is 2.35 bits per heavy atom. The molecule has 0 radical (unpaired) electrons. The molecule has 1 fully saturated rings. The van der Waals surface area contributed by atoms with Crippen molar-refractivity contribution in [2.75, 3.05) is 30.1 Å². The number of methoxy groups -OCH3 is 1. The van der Waals surface area contributed by atoms with E-state index >= 15 is 0 Å². The number of nitrogens with zero attached hydrogens (tertiary/aromatic N) is 2. The predicted molar refractivity (Wildman–Crippen MR) is 141 cm³/mol. The summed E-state index contributed by atoms with van der Waals surface area (Å²) in [5.41, 5.74) is -4.80. The highest BCUT2D eigenvalue weighted by molar-refractivity contribution is 7.93. The Morgan fingerprint density at radius 2 is 1.79 bits per heavy atom. The zero-order valence-electron chi connectivity index (χ0n) is 23.4. The number of rotatable bonds is 7. The minimum Gasteiger partial charge on any atom is -0.442 e. The number of hydrogen-bond acceptors (Lipinski definition) is 7. The van der Waals surface area contributed by atoms with Crippen LogP contribution in [0.15, 0.2) is 45.7 Å². The lowest BCUT2D eigenvalue weighted by molar-refractivity contribution is -0.261. The maximum Gasteiger partial charge on any atom is 0.442 e. The van der Waals surface area contributed by atoms with E-state index in [0.29, 0.717) is 17.0 Å². The third kappa shape index (κ3) is 7.68. The second kappa shape index (κ2) is 12.2. The molecule has 0 spiro atoms. The summed E-state index contributed by atoms with van der Waals surface area (Å²) in [6.07, 6.45) is -6.16. The van der Waals surface area contributed by atoms with Crippen molar-refractivity contribution in [1.29, 1.82) is 0 Å². The maximum absolute atomic E-state index is 14.5. The molecule has 238 valence electrons. The molecular weight excluding hydrogens is 615 g/mol. The van der Waals surface area contributed by atoms with Gasteiger partial charge in [0, 0.05) is 30.4 Å². The van der Waals surface area contributed by atoms with Gasteiger partial charge in [-0.3, -0.25) is 4.79 Å². The number of halogens is 7. The molecule has 1 aliphatic heterocycles. The smallest absolute Gasteiger partial charge is 0.442 e. The van der Waals surface area contributed by atoms with Crippen LogP contribution in [0.5, 0.6) is 5.75 Å². The summed E-state index contributed by atoms with van der Waals surface area (Å²) in [6.45, 7) is -0.147. The number of ether oxygens (including phenoxy) is 3. The average molecular weight is 644 g/mol. The Hall–Kier alpha value is -3.60. The molecule has 3 atom stereocenters. The van der Waals surface area contributed by atoms with E-state index in [1.165, 1.54) is 18.2 Å². The third-order valence-corrected chi connectivity index (χ3v) is 7.89. The molecule has 17 heteroatoms. The molecule has 1 heterocycles. The molecule has 0 saturated carbocycles. The fourth-order valence-corrected chi connectivity index (χ4v) is 5.39. The van der Waals surface area contributed by atoms with Crippen LogP contribution in [-0.4, -0.2) is 66.2 Å². The van der Waals surface area contributed by atoms with E-state index < -0.39 is 87.8 Å². The number of benzene rings is 2. The lowest BCUT2D eigenvalue weighted by Crippen LogP contribution is -2.49. The highest BCUT2D eigenvalue weighted by atomic mass is 32.2. The SMILES string of the molecule is COC1(C(F)(F)F)CC(C(=O)Nc2cccc([S@@](C)(=O)=NC(=O)OC(C)(C)C)c2)N(c2ccc(F)c(F)c2OC(F)F)C1. The molecule has 0 aliphatic carbocycles. The second-order valence-corrected chi connectivity index (χ2v) is 12.8. The molecule has 3 rings (SSSR count). The highest BCUT2D eigenvalue weighted by Crippen LogP contribution is 2.47. The maximum atomic E-state index is 14.5. The second-order valence-electron chi connectivity index (χ2n) is 10.5. The summed E-state index contributed by atoms with van der Waals surface area (Å²) >= 11 is 0. The van der Waals surface area contributed by atoms with E-state index in [0.717, 1.165) is 19.4 Å². The van der Waals surface area contributed by atoms with Crippen LogP contribution in [0.2, 0.25) is 0 Å². The Balaban J connectivity index is 2.03. The minimum atomic E-state index is -5.09. The van der Waals surface area contributed by atoms with E-state index in [2.05, 4.69) is 14.4 Å². The van der Waals surface area contributed by atoms with Crippen molar-refractivity contribution in [3.05, 3.63) is 48.0 Å². The van der Waals surface area contributed by atoms with Gasteiger partial charge in [-0.15, -0.1) is 4.36 Å². The van der Waals surface area contributed by atoms with Crippen molar-refractivity contribution >= 4 is 33.1 Å². The van der Waals surface area contributed by atoms with Gasteiger partial charge in [0.2, 0.25) is 11.7 Å². The lowest BCUT2D eigenvalue weighted by atomic mass is 9.99. The third-order valence-electron chi connectivity index (χ3n) is 6.26. The van der Waals surface area contributed by atoms with Gasteiger partial charge in [0.05, 0.1) is 22.0 Å². The normalized spacial score (nSPS) is 20.5. The molecule has 1 saturated heterocycles. The van der Waals surface area contributed by atoms with Crippen molar-refractivity contribution in [2.45, 2.75) is 62.1 Å². The number of alkyl halides is 5. The van der Waals surface area contributed by atoms with Crippen LogP contribution in [0.3, 0.4) is 0 Å². The van der Waals surface area contributed by atoms with Gasteiger partial charge < -0.3 is 24.4 Å². The van der Waals surface area contributed by atoms with Gasteiger partial charge in [-0.1, -0.05) is 6.07 Å². The first-order valence-corrected chi connectivity index (χ1v) is 14.3. The molecule has 2 aromatic rings. The fraction of sp³-hybridized carbons (Fsp3) is 0.462. The average Bonchev–Trinajstić information content (AvgIpc) is 3.27. The molecule has 2 aromatic carbocycles. The van der Waals surface area contributed by atoms with Crippen LogP contribution in [0.1, 0.15) is 27.2 Å². The number of carbonyl (C=O) groups is 2. The van der Waals surface area contributed by atoms with Gasteiger partial charge in [0.1, 0.15) is 11.6 Å². The molecular formula is C26H28F7N3O6S. The summed E-state index contributed by atoms with van der Waals surface area (Å²) < 4.78 is 128. The lowest BCUT2D eigenvalue weighted by Gasteiger charge is -2.31. The molecule has 0 aromatic heterocycles. The number of nitrogens with one attached hydrogen (secondary N) is 1.